The molecule has 0 fully saturated rings. The molecule has 0 heterocycles. The highest BCUT2D eigenvalue weighted by atomic mass is 32.2. The van der Waals surface area contributed by atoms with E-state index in [-0.39, 0.29) is 37.7 Å². The molecule has 0 aliphatic carbocycles. The van der Waals surface area contributed by atoms with E-state index in [0.29, 0.717) is 22.7 Å². The van der Waals surface area contributed by atoms with Gasteiger partial charge in [0.05, 0.1) is 9.79 Å². The van der Waals surface area contributed by atoms with Gasteiger partial charge in [0.1, 0.15) is 10.5 Å². The van der Waals surface area contributed by atoms with Crippen LogP contribution in [-0.2, 0) is 36.0 Å². The Morgan fingerprint density at radius 3 is 1.48 bits per heavy atom. The molecule has 0 aliphatic rings. The Labute approximate surface area is 277 Å². The number of aliphatic hydroxyl groups is 1. The number of nitrogens with two attached hydrogens (primary N) is 1. The van der Waals surface area contributed by atoms with Crippen molar-refractivity contribution < 1.29 is 44.0 Å². The molecule has 0 aromatic heterocycles. The lowest BCUT2D eigenvalue weighted by molar-refractivity contribution is 0.122. The third kappa shape index (κ3) is 7.19. The van der Waals surface area contributed by atoms with Crippen molar-refractivity contribution in [3.63, 3.8) is 0 Å². The van der Waals surface area contributed by atoms with Crippen LogP contribution in [0.4, 0.5) is 28.4 Å². The van der Waals surface area contributed by atoms with Crippen LogP contribution in [0.5, 0.6) is 0 Å². The summed E-state index contributed by atoms with van der Waals surface area (Å²) in [5.74, 6) is 0. The summed E-state index contributed by atoms with van der Waals surface area (Å²) in [4.78, 5) is -1.17. The Kier molecular flexibility index (Phi) is 9.11. The summed E-state index contributed by atoms with van der Waals surface area (Å²) in [5.41, 5.74) is 5.90. The zero-order chi connectivity index (χ0) is 35.1. The van der Waals surface area contributed by atoms with Crippen molar-refractivity contribution in [1.29, 1.82) is 0 Å². The highest BCUT2D eigenvalue weighted by molar-refractivity contribution is 7.86. The molecule has 1 atom stereocenters. The van der Waals surface area contributed by atoms with Gasteiger partial charge in [-0.1, -0.05) is 36.4 Å². The second-order valence-corrected chi connectivity index (χ2v) is 15.0. The molecule has 8 N–H and O–H groups in total. The molecule has 5 aromatic rings. The van der Waals surface area contributed by atoms with Crippen LogP contribution >= 0.6 is 0 Å². The number of rotatable bonds is 10. The Morgan fingerprint density at radius 2 is 1.02 bits per heavy atom. The number of nitrogens with one attached hydrogen (secondary N) is 2. The molecule has 250 valence electrons. The summed E-state index contributed by atoms with van der Waals surface area (Å²) in [6.45, 7) is 1.40. The lowest BCUT2D eigenvalue weighted by atomic mass is 9.79. The van der Waals surface area contributed by atoms with Gasteiger partial charge in [0.25, 0.3) is 30.4 Å². The van der Waals surface area contributed by atoms with Crippen LogP contribution in [0.25, 0.3) is 0 Å². The van der Waals surface area contributed by atoms with E-state index in [9.17, 15) is 44.0 Å². The fraction of sp³-hybridized carbons (Fsp3) is 0.0625. The molecule has 0 aliphatic heterocycles. The van der Waals surface area contributed by atoms with Gasteiger partial charge in [-0.2, -0.15) is 25.3 Å². The quantitative estimate of drug-likeness (QED) is 0.0569. The van der Waals surface area contributed by atoms with Gasteiger partial charge in [-0.3, -0.25) is 13.7 Å². The maximum absolute atomic E-state index is 12.7. The summed E-state index contributed by atoms with van der Waals surface area (Å²) in [6, 6.07) is 25.9. The van der Waals surface area contributed by atoms with Gasteiger partial charge < -0.3 is 21.5 Å². The first-order valence-corrected chi connectivity index (χ1v) is 18.2. The minimum Gasteiger partial charge on any atom is -0.398 e. The van der Waals surface area contributed by atoms with Crippen molar-refractivity contribution in [2.45, 2.75) is 27.2 Å². The molecule has 1 unspecified atom stereocenters. The molecular formula is C32H29N3O10S3. The van der Waals surface area contributed by atoms with Gasteiger partial charge in [0.2, 0.25) is 0 Å². The Hall–Kier alpha value is -4.81. The first-order chi connectivity index (χ1) is 22.4. The third-order valence-electron chi connectivity index (χ3n) is 7.56. The lowest BCUT2D eigenvalue weighted by Crippen LogP contribution is -2.31. The molecule has 0 saturated carbocycles. The second kappa shape index (κ2) is 12.7. The Morgan fingerprint density at radius 1 is 0.562 bits per heavy atom. The molecule has 5 aromatic carbocycles. The van der Waals surface area contributed by atoms with E-state index in [0.717, 1.165) is 0 Å². The van der Waals surface area contributed by atoms with Crippen molar-refractivity contribution >= 4 is 58.8 Å². The van der Waals surface area contributed by atoms with Gasteiger partial charge in [-0.15, -0.1) is 0 Å². The number of hydrogen-bond donors (Lipinski definition) is 7. The average molecular weight is 712 g/mol. The molecule has 16 heteroatoms. The molecular weight excluding hydrogens is 683 g/mol. The Bertz CT molecular complexity index is 2330. The standard InChI is InChI=1S/C32H29N3O10S3/c1-20-30(33)18-17-29(31(20)48(43,44)45)32(36,21-5-9-23(10-6-21)34-25-13-15-27(16-14-25)46(37,38)39)22-7-11-24(12-8-22)35-26-3-2-4-28(19-26)47(40,41)42/h2-19,34-36H,33H2,1H3,(H,37,38,39)(H,40,41,42)(H,43,44,45). The second-order valence-electron chi connectivity index (χ2n) is 10.7. The molecule has 0 saturated heterocycles. The minimum absolute atomic E-state index is 0.0251. The van der Waals surface area contributed by atoms with Crippen LogP contribution in [-0.4, -0.2) is 44.0 Å². The average Bonchev–Trinajstić information content (AvgIpc) is 3.01. The van der Waals surface area contributed by atoms with Crippen molar-refractivity contribution in [1.82, 2.24) is 0 Å². The predicted molar refractivity (Wildman–Crippen MR) is 179 cm³/mol. The van der Waals surface area contributed by atoms with E-state index < -0.39 is 40.9 Å². The van der Waals surface area contributed by atoms with E-state index in [1.807, 2.05) is 0 Å². The highest BCUT2D eigenvalue weighted by Crippen LogP contribution is 2.42. The maximum atomic E-state index is 12.7. The fourth-order valence-electron chi connectivity index (χ4n) is 5.17. The predicted octanol–water partition coefficient (Wildman–Crippen LogP) is 5.09. The summed E-state index contributed by atoms with van der Waals surface area (Å²) in [5, 5.41) is 18.6. The molecule has 5 rings (SSSR count). The van der Waals surface area contributed by atoms with Gasteiger partial charge in [0.15, 0.2) is 0 Å². The van der Waals surface area contributed by atoms with Crippen molar-refractivity contribution in [3.8, 4) is 0 Å². The largest absolute Gasteiger partial charge is 0.398 e. The first-order valence-electron chi connectivity index (χ1n) is 13.9. The SMILES string of the molecule is Cc1c(N)ccc(C(O)(c2ccc(Nc3ccc(S(=O)(=O)O)cc3)cc2)c2ccc(Nc3cccc(S(=O)(=O)O)c3)cc2)c1S(=O)(=O)O. The maximum Gasteiger partial charge on any atom is 0.295 e. The summed E-state index contributed by atoms with van der Waals surface area (Å²) in [6.07, 6.45) is 0. The molecule has 0 bridgehead atoms. The monoisotopic (exact) mass is 711 g/mol. The lowest BCUT2D eigenvalue weighted by Gasteiger charge is -2.32. The molecule has 0 radical (unpaired) electrons. The van der Waals surface area contributed by atoms with Crippen LogP contribution in [0.3, 0.4) is 0 Å². The number of hydrogen-bond acceptors (Lipinski definition) is 10. The summed E-state index contributed by atoms with van der Waals surface area (Å²) < 4.78 is 100. The van der Waals surface area contributed by atoms with Crippen LogP contribution in [0.15, 0.2) is 124 Å². The minimum atomic E-state index is -4.91. The van der Waals surface area contributed by atoms with E-state index in [1.54, 1.807) is 30.3 Å². The van der Waals surface area contributed by atoms with E-state index >= 15 is 0 Å². The fourth-order valence-corrected chi connectivity index (χ4v) is 7.17. The topological polar surface area (TPSA) is 233 Å². The van der Waals surface area contributed by atoms with Crippen molar-refractivity contribution in [2.24, 2.45) is 0 Å². The zero-order valence-electron chi connectivity index (χ0n) is 24.9. The van der Waals surface area contributed by atoms with Crippen LogP contribution in [0.2, 0.25) is 0 Å². The van der Waals surface area contributed by atoms with Gasteiger partial charge >= 0.3 is 0 Å². The molecule has 13 nitrogen and oxygen atoms in total. The van der Waals surface area contributed by atoms with Crippen molar-refractivity contribution in [2.75, 3.05) is 16.4 Å². The summed E-state index contributed by atoms with van der Waals surface area (Å²) in [7, 11) is -13.7. The van der Waals surface area contributed by atoms with E-state index in [4.69, 9.17) is 5.73 Å². The number of nitrogen functional groups attached to an aromatic ring is 1. The number of benzene rings is 5. The van der Waals surface area contributed by atoms with Gasteiger partial charge in [-0.25, -0.2) is 0 Å². The highest BCUT2D eigenvalue weighted by Gasteiger charge is 2.39. The van der Waals surface area contributed by atoms with Crippen LogP contribution in [0, 0.1) is 6.92 Å². The number of anilines is 5. The zero-order valence-corrected chi connectivity index (χ0v) is 27.4. The molecule has 48 heavy (non-hydrogen) atoms. The molecule has 0 spiro atoms. The Balaban J connectivity index is 1.57. The molecule has 0 amide bonds. The van der Waals surface area contributed by atoms with Crippen molar-refractivity contribution in [3.05, 3.63) is 131 Å². The third-order valence-corrected chi connectivity index (χ3v) is 10.3. The van der Waals surface area contributed by atoms with Crippen LogP contribution < -0.4 is 16.4 Å². The van der Waals surface area contributed by atoms with Gasteiger partial charge in [0, 0.05) is 34.0 Å². The summed E-state index contributed by atoms with van der Waals surface area (Å²) >= 11 is 0. The van der Waals surface area contributed by atoms with Gasteiger partial charge in [-0.05, 0) is 96.4 Å². The normalized spacial score (nSPS) is 13.4. The smallest absolute Gasteiger partial charge is 0.295 e. The van der Waals surface area contributed by atoms with Crippen LogP contribution in [0.1, 0.15) is 22.3 Å². The first kappa shape index (κ1) is 34.5. The van der Waals surface area contributed by atoms with E-state index in [2.05, 4.69) is 10.6 Å². The van der Waals surface area contributed by atoms with E-state index in [1.165, 1.54) is 85.8 Å².